The van der Waals surface area contributed by atoms with E-state index in [1.807, 2.05) is 0 Å². The lowest BCUT2D eigenvalue weighted by Crippen LogP contribution is -2.35. The Morgan fingerprint density at radius 1 is 1.06 bits per heavy atom. The van der Waals surface area contributed by atoms with Crippen molar-refractivity contribution in [3.05, 3.63) is 35.4 Å². The molecule has 0 radical (unpaired) electrons. The van der Waals surface area contributed by atoms with Gasteiger partial charge in [-0.05, 0) is 24.0 Å². The fourth-order valence-corrected chi connectivity index (χ4v) is 2.21. The van der Waals surface area contributed by atoms with Crippen LogP contribution in [0.4, 0.5) is 0 Å². The Labute approximate surface area is 105 Å². The summed E-state index contributed by atoms with van der Waals surface area (Å²) in [5, 5.41) is 0. The summed E-state index contributed by atoms with van der Waals surface area (Å²) in [5.74, 6) is 0. The minimum Gasteiger partial charge on any atom is -0.379 e. The van der Waals surface area contributed by atoms with Gasteiger partial charge in [0.1, 0.15) is 0 Å². The topological polar surface area (TPSA) is 12.5 Å². The van der Waals surface area contributed by atoms with Crippen molar-refractivity contribution in [2.45, 2.75) is 32.7 Å². The predicted molar refractivity (Wildman–Crippen MR) is 71.2 cm³/mol. The van der Waals surface area contributed by atoms with Gasteiger partial charge in [-0.1, -0.05) is 37.6 Å². The summed E-state index contributed by atoms with van der Waals surface area (Å²) in [6.07, 6.45) is 3.78. The number of hydrogen-bond acceptors (Lipinski definition) is 2. The first-order valence-electron chi connectivity index (χ1n) is 6.76. The van der Waals surface area contributed by atoms with Gasteiger partial charge in [-0.2, -0.15) is 0 Å². The molecule has 1 aromatic rings. The highest BCUT2D eigenvalue weighted by Crippen LogP contribution is 2.11. The van der Waals surface area contributed by atoms with Crippen molar-refractivity contribution < 1.29 is 4.74 Å². The van der Waals surface area contributed by atoms with Gasteiger partial charge in [0.15, 0.2) is 0 Å². The fourth-order valence-electron chi connectivity index (χ4n) is 2.21. The Morgan fingerprint density at radius 3 is 2.35 bits per heavy atom. The van der Waals surface area contributed by atoms with Gasteiger partial charge in [0, 0.05) is 19.6 Å². The molecule has 2 heteroatoms. The van der Waals surface area contributed by atoms with Gasteiger partial charge < -0.3 is 4.74 Å². The standard InChI is InChI=1S/C15H23NO/c1-2-3-4-14-5-7-15(8-6-14)13-16-9-11-17-12-10-16/h5-8H,2-4,9-13H2,1H3. The maximum absolute atomic E-state index is 5.36. The van der Waals surface area contributed by atoms with Crippen LogP contribution < -0.4 is 0 Å². The number of benzene rings is 1. The van der Waals surface area contributed by atoms with Crippen LogP contribution in [-0.2, 0) is 17.7 Å². The quantitative estimate of drug-likeness (QED) is 0.775. The number of hydrogen-bond donors (Lipinski definition) is 0. The molecule has 1 aliphatic rings. The van der Waals surface area contributed by atoms with E-state index in [4.69, 9.17) is 4.74 Å². The molecule has 0 N–H and O–H groups in total. The van der Waals surface area contributed by atoms with Gasteiger partial charge >= 0.3 is 0 Å². The van der Waals surface area contributed by atoms with E-state index in [2.05, 4.69) is 36.1 Å². The molecule has 17 heavy (non-hydrogen) atoms. The van der Waals surface area contributed by atoms with Crippen LogP contribution in [0.25, 0.3) is 0 Å². The van der Waals surface area contributed by atoms with Crippen molar-refractivity contribution in [2.24, 2.45) is 0 Å². The zero-order chi connectivity index (χ0) is 11.9. The van der Waals surface area contributed by atoms with Crippen LogP contribution >= 0.6 is 0 Å². The largest absolute Gasteiger partial charge is 0.379 e. The van der Waals surface area contributed by atoms with E-state index < -0.39 is 0 Å². The molecule has 0 aliphatic carbocycles. The maximum Gasteiger partial charge on any atom is 0.0594 e. The highest BCUT2D eigenvalue weighted by Gasteiger charge is 2.10. The fraction of sp³-hybridized carbons (Fsp3) is 0.600. The lowest BCUT2D eigenvalue weighted by Gasteiger charge is -2.26. The number of aryl methyl sites for hydroxylation is 1. The molecule has 0 spiro atoms. The van der Waals surface area contributed by atoms with Gasteiger partial charge in [0.25, 0.3) is 0 Å². The van der Waals surface area contributed by atoms with Crippen LogP contribution in [-0.4, -0.2) is 31.2 Å². The Hall–Kier alpha value is -0.860. The molecule has 2 rings (SSSR count). The van der Waals surface area contributed by atoms with Crippen molar-refractivity contribution in [3.63, 3.8) is 0 Å². The van der Waals surface area contributed by atoms with Crippen molar-refractivity contribution in [1.29, 1.82) is 0 Å². The summed E-state index contributed by atoms with van der Waals surface area (Å²) < 4.78 is 5.36. The van der Waals surface area contributed by atoms with Crippen LogP contribution in [0.15, 0.2) is 24.3 Å². The lowest BCUT2D eigenvalue weighted by molar-refractivity contribution is 0.0342. The van der Waals surface area contributed by atoms with Crippen LogP contribution in [0.2, 0.25) is 0 Å². The van der Waals surface area contributed by atoms with E-state index in [1.165, 1.54) is 30.4 Å². The monoisotopic (exact) mass is 233 g/mol. The van der Waals surface area contributed by atoms with Crippen molar-refractivity contribution in [2.75, 3.05) is 26.3 Å². The van der Waals surface area contributed by atoms with Crippen molar-refractivity contribution in [1.82, 2.24) is 4.90 Å². The third-order valence-corrected chi connectivity index (χ3v) is 3.35. The highest BCUT2D eigenvalue weighted by molar-refractivity contribution is 5.22. The Balaban J connectivity index is 1.84. The minimum absolute atomic E-state index is 0.884. The first-order chi connectivity index (χ1) is 8.38. The first kappa shape index (κ1) is 12.6. The number of ether oxygens (including phenoxy) is 1. The molecule has 1 heterocycles. The van der Waals surface area contributed by atoms with E-state index in [9.17, 15) is 0 Å². The molecule has 1 saturated heterocycles. The molecule has 0 aromatic heterocycles. The summed E-state index contributed by atoms with van der Waals surface area (Å²) in [5.41, 5.74) is 2.89. The van der Waals surface area contributed by atoms with Crippen LogP contribution in [0, 0.1) is 0 Å². The smallest absolute Gasteiger partial charge is 0.0594 e. The average molecular weight is 233 g/mol. The highest BCUT2D eigenvalue weighted by atomic mass is 16.5. The third-order valence-electron chi connectivity index (χ3n) is 3.35. The molecule has 0 amide bonds. The Bertz CT molecular complexity index is 314. The van der Waals surface area contributed by atoms with Gasteiger partial charge in [-0.15, -0.1) is 0 Å². The van der Waals surface area contributed by atoms with Crippen LogP contribution in [0.3, 0.4) is 0 Å². The minimum atomic E-state index is 0.884. The normalized spacial score (nSPS) is 17.2. The summed E-state index contributed by atoms with van der Waals surface area (Å²) >= 11 is 0. The number of nitrogens with zero attached hydrogens (tertiary/aromatic N) is 1. The number of morpholine rings is 1. The molecule has 1 aromatic carbocycles. The SMILES string of the molecule is CCCCc1ccc(CN2CCOCC2)cc1. The molecule has 0 saturated carbocycles. The van der Waals surface area contributed by atoms with Crippen LogP contribution in [0.1, 0.15) is 30.9 Å². The number of rotatable bonds is 5. The molecule has 2 nitrogen and oxygen atoms in total. The van der Waals surface area contributed by atoms with E-state index in [1.54, 1.807) is 0 Å². The molecule has 0 atom stereocenters. The van der Waals surface area contributed by atoms with Gasteiger partial charge in [-0.25, -0.2) is 0 Å². The van der Waals surface area contributed by atoms with E-state index in [0.29, 0.717) is 0 Å². The van der Waals surface area contributed by atoms with Crippen LogP contribution in [0.5, 0.6) is 0 Å². The van der Waals surface area contributed by atoms with Gasteiger partial charge in [-0.3, -0.25) is 4.90 Å². The van der Waals surface area contributed by atoms with Gasteiger partial charge in [0.05, 0.1) is 13.2 Å². The summed E-state index contributed by atoms with van der Waals surface area (Å²) in [6.45, 7) is 7.21. The molecule has 1 fully saturated rings. The molecular weight excluding hydrogens is 210 g/mol. The summed E-state index contributed by atoms with van der Waals surface area (Å²) in [6, 6.07) is 9.12. The predicted octanol–water partition coefficient (Wildman–Crippen LogP) is 2.86. The second kappa shape index (κ2) is 6.77. The lowest BCUT2D eigenvalue weighted by atomic mass is 10.1. The van der Waals surface area contributed by atoms with E-state index >= 15 is 0 Å². The van der Waals surface area contributed by atoms with E-state index in [0.717, 1.165) is 32.8 Å². The average Bonchev–Trinajstić information content (AvgIpc) is 2.39. The Kier molecular flexibility index (Phi) is 5.02. The van der Waals surface area contributed by atoms with E-state index in [-0.39, 0.29) is 0 Å². The molecule has 0 bridgehead atoms. The third kappa shape index (κ3) is 4.14. The van der Waals surface area contributed by atoms with Gasteiger partial charge in [0.2, 0.25) is 0 Å². The summed E-state index contributed by atoms with van der Waals surface area (Å²) in [7, 11) is 0. The van der Waals surface area contributed by atoms with Crippen molar-refractivity contribution >= 4 is 0 Å². The molecule has 1 aliphatic heterocycles. The van der Waals surface area contributed by atoms with Crippen molar-refractivity contribution in [3.8, 4) is 0 Å². The second-order valence-electron chi connectivity index (χ2n) is 4.81. The first-order valence-corrected chi connectivity index (χ1v) is 6.76. The maximum atomic E-state index is 5.36. The summed E-state index contributed by atoms with van der Waals surface area (Å²) in [4.78, 5) is 2.46. The number of unbranched alkanes of at least 4 members (excludes halogenated alkanes) is 1. The Morgan fingerprint density at radius 2 is 1.71 bits per heavy atom. The zero-order valence-corrected chi connectivity index (χ0v) is 10.8. The second-order valence-corrected chi connectivity index (χ2v) is 4.81. The zero-order valence-electron chi connectivity index (χ0n) is 10.8. The molecule has 94 valence electrons. The molecule has 0 unspecified atom stereocenters. The molecular formula is C15H23NO.